The molecular formula is C32H40N4O4S. The molecular weight excluding hydrogens is 536 g/mol. The monoisotopic (exact) mass is 576 g/mol. The molecule has 0 atom stereocenters. The van der Waals surface area contributed by atoms with E-state index < -0.39 is 9.84 Å². The molecule has 0 bridgehead atoms. The van der Waals surface area contributed by atoms with Gasteiger partial charge in [-0.15, -0.1) is 0 Å². The SMILES string of the molecule is CCN(CC)CCNC(=O)c1c(C)[nH]c(C=C2C(=O)Nc3ccc(S(=O)(=O)Cc4ccc(C(C)C)cc4)cc32)c1C. The summed E-state index contributed by atoms with van der Waals surface area (Å²) in [6.45, 7) is 15.2. The van der Waals surface area contributed by atoms with Gasteiger partial charge in [0.05, 0.1) is 21.8 Å². The first kappa shape index (κ1) is 30.3. The first-order chi connectivity index (χ1) is 19.4. The molecule has 4 rings (SSSR count). The predicted octanol–water partition coefficient (Wildman–Crippen LogP) is 5.29. The Balaban J connectivity index is 1.59. The lowest BCUT2D eigenvalue weighted by Crippen LogP contribution is -2.35. The number of carbonyl (C=O) groups excluding carboxylic acids is 2. The van der Waals surface area contributed by atoms with Crippen LogP contribution in [0, 0.1) is 13.8 Å². The minimum absolute atomic E-state index is 0.133. The Morgan fingerprint density at radius 1 is 1.05 bits per heavy atom. The van der Waals surface area contributed by atoms with Crippen LogP contribution in [0.2, 0.25) is 0 Å². The number of rotatable bonds is 11. The Morgan fingerprint density at radius 2 is 1.73 bits per heavy atom. The summed E-state index contributed by atoms with van der Waals surface area (Å²) in [5, 5.41) is 5.82. The van der Waals surface area contributed by atoms with Gasteiger partial charge in [-0.05, 0) is 73.8 Å². The average molecular weight is 577 g/mol. The zero-order chi connectivity index (χ0) is 29.9. The number of H-pyrrole nitrogens is 1. The summed E-state index contributed by atoms with van der Waals surface area (Å²) in [6.07, 6.45) is 1.69. The number of amides is 2. The van der Waals surface area contributed by atoms with E-state index in [2.05, 4.69) is 48.2 Å². The number of aryl methyl sites for hydroxylation is 1. The van der Waals surface area contributed by atoms with Gasteiger partial charge in [-0.25, -0.2) is 8.42 Å². The molecule has 218 valence electrons. The average Bonchev–Trinajstić information content (AvgIpc) is 3.40. The largest absolute Gasteiger partial charge is 0.358 e. The zero-order valence-corrected chi connectivity index (χ0v) is 25.5. The summed E-state index contributed by atoms with van der Waals surface area (Å²) in [5.74, 6) is -0.260. The number of nitrogens with one attached hydrogen (secondary N) is 3. The second-order valence-electron chi connectivity index (χ2n) is 10.8. The third kappa shape index (κ3) is 6.63. The van der Waals surface area contributed by atoms with Gasteiger partial charge in [-0.3, -0.25) is 9.59 Å². The van der Waals surface area contributed by atoms with Crippen LogP contribution < -0.4 is 10.6 Å². The molecule has 3 aromatic rings. The van der Waals surface area contributed by atoms with Crippen LogP contribution in [0.15, 0.2) is 47.4 Å². The van der Waals surface area contributed by atoms with Crippen LogP contribution in [0.1, 0.15) is 77.6 Å². The summed E-state index contributed by atoms with van der Waals surface area (Å²) in [7, 11) is -3.65. The molecule has 2 amide bonds. The summed E-state index contributed by atoms with van der Waals surface area (Å²) in [6, 6.07) is 12.3. The van der Waals surface area contributed by atoms with E-state index >= 15 is 0 Å². The molecule has 9 heteroatoms. The summed E-state index contributed by atoms with van der Waals surface area (Å²) < 4.78 is 26.7. The Kier molecular flexibility index (Phi) is 9.19. The van der Waals surface area contributed by atoms with Crippen molar-refractivity contribution in [2.45, 2.75) is 58.1 Å². The van der Waals surface area contributed by atoms with Crippen molar-refractivity contribution in [1.82, 2.24) is 15.2 Å². The van der Waals surface area contributed by atoms with Crippen molar-refractivity contribution in [3.05, 3.63) is 81.7 Å². The summed E-state index contributed by atoms with van der Waals surface area (Å²) in [5.41, 5.74) is 5.88. The number of carbonyl (C=O) groups is 2. The maximum atomic E-state index is 13.3. The van der Waals surface area contributed by atoms with Crippen LogP contribution in [0.4, 0.5) is 5.69 Å². The molecule has 0 saturated heterocycles. The maximum Gasteiger partial charge on any atom is 0.256 e. The van der Waals surface area contributed by atoms with Crippen LogP contribution in [0.5, 0.6) is 0 Å². The van der Waals surface area contributed by atoms with Crippen molar-refractivity contribution in [3.63, 3.8) is 0 Å². The van der Waals surface area contributed by atoms with Crippen LogP contribution in [0.3, 0.4) is 0 Å². The molecule has 41 heavy (non-hydrogen) atoms. The van der Waals surface area contributed by atoms with Gasteiger partial charge in [0.15, 0.2) is 9.84 Å². The Labute approximate surface area is 243 Å². The highest BCUT2D eigenvalue weighted by atomic mass is 32.2. The molecule has 2 heterocycles. The van der Waals surface area contributed by atoms with Gasteiger partial charge < -0.3 is 20.5 Å². The molecule has 0 aliphatic carbocycles. The number of likely N-dealkylation sites (N-methyl/N-ethyl adjacent to an activating group) is 1. The molecule has 0 radical (unpaired) electrons. The van der Waals surface area contributed by atoms with Crippen molar-refractivity contribution in [2.75, 3.05) is 31.5 Å². The number of hydrogen-bond donors (Lipinski definition) is 3. The fourth-order valence-electron chi connectivity index (χ4n) is 5.16. The van der Waals surface area contributed by atoms with Gasteiger partial charge in [0.2, 0.25) is 0 Å². The second-order valence-corrected chi connectivity index (χ2v) is 12.8. The third-order valence-corrected chi connectivity index (χ3v) is 9.42. The number of anilines is 1. The topological polar surface area (TPSA) is 111 Å². The normalized spacial score (nSPS) is 14.1. The zero-order valence-electron chi connectivity index (χ0n) is 24.7. The standard InChI is InChI=1S/C32H40N4O4S/c1-7-36(8-2)16-15-33-32(38)30-21(5)29(34-22(30)6)18-27-26-17-25(13-14-28(26)35-31(27)37)41(39,40)19-23-9-11-24(12-10-23)20(3)4/h9-14,17-18,20,34H,7-8,15-16,19H2,1-6H3,(H,33,38)(H,35,37). The first-order valence-corrected chi connectivity index (χ1v) is 15.8. The molecule has 0 spiro atoms. The number of aromatic amines is 1. The van der Waals surface area contributed by atoms with E-state index in [1.165, 1.54) is 6.07 Å². The molecule has 3 N–H and O–H groups in total. The number of benzene rings is 2. The highest BCUT2D eigenvalue weighted by Gasteiger charge is 2.28. The smallest absolute Gasteiger partial charge is 0.256 e. The first-order valence-electron chi connectivity index (χ1n) is 14.1. The van der Waals surface area contributed by atoms with E-state index in [4.69, 9.17) is 0 Å². The van der Waals surface area contributed by atoms with Crippen LogP contribution in [0.25, 0.3) is 11.6 Å². The van der Waals surface area contributed by atoms with Crippen LogP contribution in [-0.4, -0.2) is 56.3 Å². The van der Waals surface area contributed by atoms with E-state index in [-0.39, 0.29) is 22.5 Å². The Morgan fingerprint density at radius 3 is 2.37 bits per heavy atom. The van der Waals surface area contributed by atoms with Crippen molar-refractivity contribution in [2.24, 2.45) is 0 Å². The molecule has 8 nitrogen and oxygen atoms in total. The van der Waals surface area contributed by atoms with Gasteiger partial charge in [0.1, 0.15) is 0 Å². The van der Waals surface area contributed by atoms with Crippen LogP contribution >= 0.6 is 0 Å². The molecule has 1 aliphatic heterocycles. The quantitative estimate of drug-likeness (QED) is 0.269. The highest BCUT2D eigenvalue weighted by Crippen LogP contribution is 2.36. The van der Waals surface area contributed by atoms with Crippen molar-refractivity contribution >= 4 is 39.0 Å². The van der Waals surface area contributed by atoms with Gasteiger partial charge in [-0.1, -0.05) is 52.0 Å². The minimum Gasteiger partial charge on any atom is -0.358 e. The molecule has 2 aromatic carbocycles. The molecule has 0 saturated carbocycles. The van der Waals surface area contributed by atoms with Gasteiger partial charge >= 0.3 is 0 Å². The van der Waals surface area contributed by atoms with E-state index in [1.807, 2.05) is 38.1 Å². The summed E-state index contributed by atoms with van der Waals surface area (Å²) in [4.78, 5) is 31.6. The molecule has 1 aromatic heterocycles. The number of hydrogen-bond acceptors (Lipinski definition) is 5. The van der Waals surface area contributed by atoms with E-state index in [0.29, 0.717) is 51.8 Å². The lowest BCUT2D eigenvalue weighted by molar-refractivity contribution is -0.110. The number of aromatic nitrogens is 1. The second kappa shape index (κ2) is 12.4. The van der Waals surface area contributed by atoms with Gasteiger partial charge in [0, 0.05) is 35.7 Å². The van der Waals surface area contributed by atoms with Crippen molar-refractivity contribution < 1.29 is 18.0 Å². The number of nitrogens with zero attached hydrogens (tertiary/aromatic N) is 1. The van der Waals surface area contributed by atoms with Crippen LogP contribution in [-0.2, 0) is 20.4 Å². The Bertz CT molecular complexity index is 1580. The highest BCUT2D eigenvalue weighted by molar-refractivity contribution is 7.90. The van der Waals surface area contributed by atoms with Crippen molar-refractivity contribution in [1.29, 1.82) is 0 Å². The lowest BCUT2D eigenvalue weighted by atomic mass is 10.0. The molecule has 0 fully saturated rings. The number of sulfone groups is 1. The minimum atomic E-state index is -3.65. The Hall–Kier alpha value is -3.69. The van der Waals surface area contributed by atoms with Gasteiger partial charge in [0.25, 0.3) is 11.8 Å². The third-order valence-electron chi connectivity index (χ3n) is 7.74. The van der Waals surface area contributed by atoms with Gasteiger partial charge in [-0.2, -0.15) is 0 Å². The van der Waals surface area contributed by atoms with E-state index in [9.17, 15) is 18.0 Å². The predicted molar refractivity (Wildman–Crippen MR) is 165 cm³/mol. The number of fused-ring (bicyclic) bond motifs is 1. The molecule has 1 aliphatic rings. The van der Waals surface area contributed by atoms with Crippen molar-refractivity contribution in [3.8, 4) is 0 Å². The maximum absolute atomic E-state index is 13.3. The molecule has 0 unspecified atom stereocenters. The lowest BCUT2D eigenvalue weighted by Gasteiger charge is -2.18. The fourth-order valence-corrected chi connectivity index (χ4v) is 6.54. The summed E-state index contributed by atoms with van der Waals surface area (Å²) >= 11 is 0. The van der Waals surface area contributed by atoms with E-state index in [1.54, 1.807) is 18.2 Å². The van der Waals surface area contributed by atoms with E-state index in [0.717, 1.165) is 30.8 Å². The fraction of sp³-hybridized carbons (Fsp3) is 0.375.